The molecule has 1 aromatic rings. The highest BCUT2D eigenvalue weighted by molar-refractivity contribution is 5.31. The normalized spacial score (nSPS) is 17.5. The molecule has 2 heteroatoms. The first-order valence-corrected chi connectivity index (χ1v) is 4.91. The van der Waals surface area contributed by atoms with Gasteiger partial charge in [0.25, 0.3) is 0 Å². The summed E-state index contributed by atoms with van der Waals surface area (Å²) in [6.45, 7) is 1.94. The first kappa shape index (κ1) is 8.37. The number of rotatable bonds is 1. The summed E-state index contributed by atoms with van der Waals surface area (Å²) in [5, 5.41) is 8.78. The largest absolute Gasteiger partial charge is 0.361 e. The Hall–Kier alpha value is -1.23. The van der Waals surface area contributed by atoms with Gasteiger partial charge < -0.3 is 4.98 Å². The van der Waals surface area contributed by atoms with E-state index < -0.39 is 0 Å². The van der Waals surface area contributed by atoms with Gasteiger partial charge in [0.15, 0.2) is 0 Å². The Kier molecular flexibility index (Phi) is 2.10. The fraction of sp³-hybridized carbons (Fsp3) is 0.545. The van der Waals surface area contributed by atoms with Gasteiger partial charge in [-0.25, -0.2) is 0 Å². The van der Waals surface area contributed by atoms with Crippen LogP contribution in [0.15, 0.2) is 6.07 Å². The molecule has 0 saturated carbocycles. The Labute approximate surface area is 78.6 Å². The second kappa shape index (κ2) is 3.26. The molecule has 0 amide bonds. The SMILES string of the molecule is CC(C#N)c1cc2c([nH]1)CCCC2. The number of nitrogens with one attached hydrogen (secondary N) is 1. The molecule has 0 saturated heterocycles. The Bertz CT molecular complexity index is 320. The molecule has 13 heavy (non-hydrogen) atoms. The maximum absolute atomic E-state index is 8.78. The molecule has 0 fully saturated rings. The zero-order valence-electron chi connectivity index (χ0n) is 7.93. The van der Waals surface area contributed by atoms with Crippen molar-refractivity contribution in [2.24, 2.45) is 0 Å². The van der Waals surface area contributed by atoms with E-state index in [2.05, 4.69) is 17.1 Å². The monoisotopic (exact) mass is 174 g/mol. The van der Waals surface area contributed by atoms with Gasteiger partial charge in [-0.1, -0.05) is 0 Å². The van der Waals surface area contributed by atoms with E-state index in [1.165, 1.54) is 30.5 Å². The van der Waals surface area contributed by atoms with Crippen LogP contribution in [0.3, 0.4) is 0 Å². The standard InChI is InChI=1S/C11H14N2/c1-8(7-12)11-6-9-4-2-3-5-10(9)13-11/h6,8,13H,2-5H2,1H3. The number of hydrogen-bond donors (Lipinski definition) is 1. The summed E-state index contributed by atoms with van der Waals surface area (Å²) in [5.74, 6) is 0.00519. The van der Waals surface area contributed by atoms with Crippen LogP contribution in [0.4, 0.5) is 0 Å². The van der Waals surface area contributed by atoms with Crippen molar-refractivity contribution in [2.45, 2.75) is 38.5 Å². The van der Waals surface area contributed by atoms with Crippen molar-refractivity contribution in [2.75, 3.05) is 0 Å². The third-order valence-electron chi connectivity index (χ3n) is 2.80. The number of nitrogens with zero attached hydrogens (tertiary/aromatic N) is 1. The Morgan fingerprint density at radius 1 is 1.46 bits per heavy atom. The highest BCUT2D eigenvalue weighted by atomic mass is 14.7. The van der Waals surface area contributed by atoms with E-state index in [9.17, 15) is 0 Å². The maximum Gasteiger partial charge on any atom is 0.0834 e. The van der Waals surface area contributed by atoms with Crippen LogP contribution in [-0.4, -0.2) is 4.98 Å². The van der Waals surface area contributed by atoms with Gasteiger partial charge in [-0.2, -0.15) is 5.26 Å². The molecule has 1 N–H and O–H groups in total. The minimum atomic E-state index is 0.00519. The van der Waals surface area contributed by atoms with E-state index in [0.717, 1.165) is 12.1 Å². The van der Waals surface area contributed by atoms with Gasteiger partial charge in [0, 0.05) is 11.4 Å². The number of fused-ring (bicyclic) bond motifs is 1. The van der Waals surface area contributed by atoms with Crippen LogP contribution in [-0.2, 0) is 12.8 Å². The second-order valence-corrected chi connectivity index (χ2v) is 3.79. The summed E-state index contributed by atoms with van der Waals surface area (Å²) < 4.78 is 0. The molecule has 1 unspecified atom stereocenters. The first-order chi connectivity index (χ1) is 6.31. The van der Waals surface area contributed by atoms with Crippen molar-refractivity contribution < 1.29 is 0 Å². The van der Waals surface area contributed by atoms with Gasteiger partial charge in [-0.05, 0) is 44.2 Å². The number of H-pyrrole nitrogens is 1. The topological polar surface area (TPSA) is 39.6 Å². The zero-order chi connectivity index (χ0) is 9.26. The van der Waals surface area contributed by atoms with Crippen LogP contribution in [0.5, 0.6) is 0 Å². The third kappa shape index (κ3) is 1.47. The van der Waals surface area contributed by atoms with Crippen LogP contribution in [0.2, 0.25) is 0 Å². The van der Waals surface area contributed by atoms with E-state index >= 15 is 0 Å². The quantitative estimate of drug-likeness (QED) is 0.698. The lowest BCUT2D eigenvalue weighted by Gasteiger charge is -2.09. The Balaban J connectivity index is 2.31. The summed E-state index contributed by atoms with van der Waals surface area (Å²) in [6, 6.07) is 4.43. The summed E-state index contributed by atoms with van der Waals surface area (Å²) in [4.78, 5) is 3.36. The lowest BCUT2D eigenvalue weighted by atomic mass is 9.98. The van der Waals surface area contributed by atoms with Crippen molar-refractivity contribution in [1.82, 2.24) is 4.98 Å². The molecule has 0 bridgehead atoms. The molecular formula is C11H14N2. The molecule has 2 nitrogen and oxygen atoms in total. The third-order valence-corrected chi connectivity index (χ3v) is 2.80. The number of aromatic amines is 1. The van der Waals surface area contributed by atoms with Crippen LogP contribution >= 0.6 is 0 Å². The van der Waals surface area contributed by atoms with Crippen molar-refractivity contribution in [3.05, 3.63) is 23.0 Å². The van der Waals surface area contributed by atoms with Gasteiger partial charge in [0.2, 0.25) is 0 Å². The molecule has 0 spiro atoms. The van der Waals surface area contributed by atoms with Gasteiger partial charge in [-0.15, -0.1) is 0 Å². The van der Waals surface area contributed by atoms with Crippen molar-refractivity contribution in [1.29, 1.82) is 5.26 Å². The molecular weight excluding hydrogens is 160 g/mol. The average molecular weight is 174 g/mol. The molecule has 1 aromatic heterocycles. The molecule has 68 valence electrons. The van der Waals surface area contributed by atoms with E-state index in [1.54, 1.807) is 0 Å². The van der Waals surface area contributed by atoms with E-state index in [-0.39, 0.29) is 5.92 Å². The molecule has 1 atom stereocenters. The van der Waals surface area contributed by atoms with Crippen LogP contribution in [0.1, 0.15) is 42.6 Å². The van der Waals surface area contributed by atoms with E-state index in [1.807, 2.05) is 6.92 Å². The molecule has 0 radical (unpaired) electrons. The molecule has 1 aliphatic carbocycles. The summed E-state index contributed by atoms with van der Waals surface area (Å²) in [7, 11) is 0. The second-order valence-electron chi connectivity index (χ2n) is 3.79. The molecule has 0 aliphatic heterocycles. The minimum absolute atomic E-state index is 0.00519. The molecule has 1 heterocycles. The predicted molar refractivity (Wildman–Crippen MR) is 51.5 cm³/mol. The lowest BCUT2D eigenvalue weighted by molar-refractivity contribution is 0.676. The van der Waals surface area contributed by atoms with Gasteiger partial charge in [-0.3, -0.25) is 0 Å². The predicted octanol–water partition coefficient (Wildman–Crippen LogP) is 2.52. The lowest BCUT2D eigenvalue weighted by Crippen LogP contribution is -1.99. The van der Waals surface area contributed by atoms with Crippen LogP contribution < -0.4 is 0 Å². The molecule has 1 aliphatic rings. The van der Waals surface area contributed by atoms with E-state index in [0.29, 0.717) is 0 Å². The van der Waals surface area contributed by atoms with Gasteiger partial charge in [0.1, 0.15) is 0 Å². The highest BCUT2D eigenvalue weighted by Crippen LogP contribution is 2.24. The average Bonchev–Trinajstić information content (AvgIpc) is 2.59. The number of nitriles is 1. The number of aryl methyl sites for hydroxylation is 2. The van der Waals surface area contributed by atoms with Gasteiger partial charge in [0.05, 0.1) is 12.0 Å². The van der Waals surface area contributed by atoms with Crippen molar-refractivity contribution >= 4 is 0 Å². The summed E-state index contributed by atoms with van der Waals surface area (Å²) in [5.41, 5.74) is 3.89. The van der Waals surface area contributed by atoms with Crippen molar-refractivity contribution in [3.8, 4) is 6.07 Å². The van der Waals surface area contributed by atoms with E-state index in [4.69, 9.17) is 5.26 Å². The fourth-order valence-electron chi connectivity index (χ4n) is 1.93. The van der Waals surface area contributed by atoms with Crippen molar-refractivity contribution in [3.63, 3.8) is 0 Å². The minimum Gasteiger partial charge on any atom is -0.361 e. The number of hydrogen-bond acceptors (Lipinski definition) is 1. The summed E-state index contributed by atoms with van der Waals surface area (Å²) >= 11 is 0. The first-order valence-electron chi connectivity index (χ1n) is 4.91. The summed E-state index contributed by atoms with van der Waals surface area (Å²) in [6.07, 6.45) is 4.93. The Morgan fingerprint density at radius 2 is 2.23 bits per heavy atom. The van der Waals surface area contributed by atoms with Crippen LogP contribution in [0.25, 0.3) is 0 Å². The van der Waals surface area contributed by atoms with Crippen LogP contribution in [0, 0.1) is 11.3 Å². The number of aromatic nitrogens is 1. The van der Waals surface area contributed by atoms with Gasteiger partial charge >= 0.3 is 0 Å². The maximum atomic E-state index is 8.78. The smallest absolute Gasteiger partial charge is 0.0834 e. The Morgan fingerprint density at radius 3 is 2.92 bits per heavy atom. The zero-order valence-corrected chi connectivity index (χ0v) is 7.93. The fourth-order valence-corrected chi connectivity index (χ4v) is 1.93. The molecule has 2 rings (SSSR count). The molecule has 0 aromatic carbocycles. The highest BCUT2D eigenvalue weighted by Gasteiger charge is 2.14.